The number of esters is 1. The van der Waals surface area contributed by atoms with Crippen LogP contribution in [0.25, 0.3) is 6.08 Å². The van der Waals surface area contributed by atoms with Crippen molar-refractivity contribution < 1.29 is 28.6 Å². The van der Waals surface area contributed by atoms with Gasteiger partial charge in [0, 0.05) is 6.08 Å². The van der Waals surface area contributed by atoms with Crippen molar-refractivity contribution in [2.24, 2.45) is 0 Å². The zero-order valence-electron chi connectivity index (χ0n) is 14.0. The normalized spacial score (nSPS) is 15.2. The second-order valence-corrected chi connectivity index (χ2v) is 6.18. The number of benzene rings is 1. The van der Waals surface area contributed by atoms with E-state index in [1.54, 1.807) is 30.3 Å². The molecule has 0 spiro atoms. The maximum atomic E-state index is 12.0. The van der Waals surface area contributed by atoms with Gasteiger partial charge in [-0.2, -0.15) is 11.3 Å². The highest BCUT2D eigenvalue weighted by atomic mass is 32.1. The third kappa shape index (κ3) is 5.32. The lowest BCUT2D eigenvalue weighted by Crippen LogP contribution is -2.51. The molecule has 0 bridgehead atoms. The van der Waals surface area contributed by atoms with Crippen LogP contribution in [0.1, 0.15) is 5.56 Å². The van der Waals surface area contributed by atoms with E-state index in [-0.39, 0.29) is 6.61 Å². The zero-order valence-corrected chi connectivity index (χ0v) is 14.9. The van der Waals surface area contributed by atoms with Crippen molar-refractivity contribution in [3.8, 4) is 11.5 Å². The molecule has 1 aromatic carbocycles. The average molecular weight is 388 g/mol. The highest BCUT2D eigenvalue weighted by Crippen LogP contribution is 2.30. The number of hydrogen-bond donors (Lipinski definition) is 2. The number of carbonyl (C=O) groups excluding carboxylic acids is 3. The van der Waals surface area contributed by atoms with E-state index in [0.717, 1.165) is 5.56 Å². The summed E-state index contributed by atoms with van der Waals surface area (Å²) >= 11 is 1.50. The van der Waals surface area contributed by atoms with Crippen LogP contribution in [0.3, 0.4) is 0 Å². The molecule has 2 N–H and O–H groups in total. The number of thiophene rings is 1. The number of amides is 2. The van der Waals surface area contributed by atoms with Crippen molar-refractivity contribution in [3.05, 3.63) is 52.7 Å². The highest BCUT2D eigenvalue weighted by molar-refractivity contribution is 7.08. The summed E-state index contributed by atoms with van der Waals surface area (Å²) in [6, 6.07) is 8.79. The number of fused-ring (bicyclic) bond motifs is 1. The molecule has 0 fully saturated rings. The zero-order chi connectivity index (χ0) is 19.1. The summed E-state index contributed by atoms with van der Waals surface area (Å²) in [5.74, 6) is -0.933. The minimum absolute atomic E-state index is 0.0150. The van der Waals surface area contributed by atoms with Crippen LogP contribution in [0.15, 0.2) is 47.2 Å². The predicted octanol–water partition coefficient (Wildman–Crippen LogP) is 1.29. The largest absolute Gasteiger partial charge is 0.485 e. The molecule has 1 aliphatic heterocycles. The molecular formula is C18H16N2O6S. The van der Waals surface area contributed by atoms with Crippen molar-refractivity contribution in [1.82, 2.24) is 10.9 Å². The molecule has 0 radical (unpaired) electrons. The van der Waals surface area contributed by atoms with Crippen molar-refractivity contribution in [2.75, 3.05) is 13.2 Å². The first-order chi connectivity index (χ1) is 13.1. The monoisotopic (exact) mass is 388 g/mol. The van der Waals surface area contributed by atoms with E-state index in [0.29, 0.717) is 11.5 Å². The summed E-state index contributed by atoms with van der Waals surface area (Å²) in [5, 5.41) is 3.74. The SMILES string of the molecule is O=C(COC(=O)/C=C/c1ccsc1)NNC(=O)[C@H]1COc2ccccc2O1. The van der Waals surface area contributed by atoms with Crippen LogP contribution in [0.2, 0.25) is 0 Å². The summed E-state index contributed by atoms with van der Waals surface area (Å²) in [6.45, 7) is -0.515. The van der Waals surface area contributed by atoms with Gasteiger partial charge in [-0.3, -0.25) is 20.4 Å². The van der Waals surface area contributed by atoms with Crippen LogP contribution in [-0.2, 0) is 19.1 Å². The lowest BCUT2D eigenvalue weighted by atomic mass is 10.2. The third-order valence-electron chi connectivity index (χ3n) is 3.43. The van der Waals surface area contributed by atoms with Crippen LogP contribution >= 0.6 is 11.3 Å². The van der Waals surface area contributed by atoms with Gasteiger partial charge in [0.05, 0.1) is 0 Å². The Hall–Kier alpha value is -3.33. The first-order valence-electron chi connectivity index (χ1n) is 7.96. The molecule has 2 aromatic rings. The topological polar surface area (TPSA) is 103 Å². The highest BCUT2D eigenvalue weighted by Gasteiger charge is 2.27. The first kappa shape index (κ1) is 18.5. The molecule has 0 aliphatic carbocycles. The molecule has 2 amide bonds. The van der Waals surface area contributed by atoms with E-state index in [4.69, 9.17) is 14.2 Å². The molecule has 0 saturated heterocycles. The maximum Gasteiger partial charge on any atom is 0.331 e. The smallest absolute Gasteiger partial charge is 0.331 e. The number of hydrazine groups is 1. The van der Waals surface area contributed by atoms with Gasteiger partial charge in [0.25, 0.3) is 11.8 Å². The Kier molecular flexibility index (Phi) is 6.06. The Bertz CT molecular complexity index is 849. The van der Waals surface area contributed by atoms with E-state index in [2.05, 4.69) is 10.9 Å². The Labute approximate surface area is 158 Å². The van der Waals surface area contributed by atoms with Crippen molar-refractivity contribution in [1.29, 1.82) is 0 Å². The Morgan fingerprint density at radius 2 is 2.00 bits per heavy atom. The van der Waals surface area contributed by atoms with E-state index >= 15 is 0 Å². The van der Waals surface area contributed by atoms with Gasteiger partial charge in [-0.05, 0) is 40.6 Å². The minimum atomic E-state index is -0.906. The second kappa shape index (κ2) is 8.86. The predicted molar refractivity (Wildman–Crippen MR) is 97.0 cm³/mol. The second-order valence-electron chi connectivity index (χ2n) is 5.40. The van der Waals surface area contributed by atoms with Gasteiger partial charge in [-0.25, -0.2) is 4.79 Å². The summed E-state index contributed by atoms with van der Waals surface area (Å²) in [4.78, 5) is 35.2. The van der Waals surface area contributed by atoms with Crippen molar-refractivity contribution >= 4 is 35.2 Å². The summed E-state index contributed by atoms with van der Waals surface area (Å²) in [5.41, 5.74) is 5.23. The fraction of sp³-hybridized carbons (Fsp3) is 0.167. The van der Waals surface area contributed by atoms with Crippen LogP contribution in [0.5, 0.6) is 11.5 Å². The molecule has 3 rings (SSSR count). The lowest BCUT2D eigenvalue weighted by molar-refractivity contribution is -0.145. The maximum absolute atomic E-state index is 12.0. The Morgan fingerprint density at radius 1 is 1.19 bits per heavy atom. The van der Waals surface area contributed by atoms with Crippen LogP contribution in [-0.4, -0.2) is 37.1 Å². The standard InChI is InChI=1S/C18H16N2O6S/c21-16(10-25-17(22)6-5-12-7-8-27-11-12)19-20-18(23)15-9-24-13-3-1-2-4-14(13)26-15/h1-8,11,15H,9-10H2,(H,19,21)(H,20,23)/b6-5+/t15-/m1/s1. The molecule has 0 saturated carbocycles. The van der Waals surface area contributed by atoms with Gasteiger partial charge < -0.3 is 14.2 Å². The van der Waals surface area contributed by atoms with Crippen LogP contribution in [0.4, 0.5) is 0 Å². The Balaban J connectivity index is 1.38. The summed E-state index contributed by atoms with van der Waals surface area (Å²) in [6.07, 6.45) is 1.89. The molecule has 0 unspecified atom stereocenters. The summed E-state index contributed by atoms with van der Waals surface area (Å²) in [7, 11) is 0. The molecule has 1 atom stereocenters. The quantitative estimate of drug-likeness (QED) is 0.455. The molecular weight excluding hydrogens is 372 g/mol. The first-order valence-corrected chi connectivity index (χ1v) is 8.90. The molecule has 8 nitrogen and oxygen atoms in total. The van der Waals surface area contributed by atoms with E-state index in [9.17, 15) is 14.4 Å². The lowest BCUT2D eigenvalue weighted by Gasteiger charge is -2.25. The number of rotatable bonds is 5. The van der Waals surface area contributed by atoms with Crippen molar-refractivity contribution in [2.45, 2.75) is 6.10 Å². The number of carbonyl (C=O) groups is 3. The van der Waals surface area contributed by atoms with Gasteiger partial charge in [0.2, 0.25) is 6.10 Å². The van der Waals surface area contributed by atoms with Gasteiger partial charge in [-0.15, -0.1) is 0 Å². The Morgan fingerprint density at radius 3 is 2.78 bits per heavy atom. The van der Waals surface area contributed by atoms with Gasteiger partial charge in [0.15, 0.2) is 18.1 Å². The number of hydrogen-bond acceptors (Lipinski definition) is 7. The molecule has 27 heavy (non-hydrogen) atoms. The molecule has 1 aromatic heterocycles. The molecule has 140 valence electrons. The molecule has 1 aliphatic rings. The average Bonchev–Trinajstić information content (AvgIpc) is 3.22. The summed E-state index contributed by atoms with van der Waals surface area (Å²) < 4.78 is 15.7. The number of para-hydroxylation sites is 2. The van der Waals surface area contributed by atoms with Crippen molar-refractivity contribution in [3.63, 3.8) is 0 Å². The number of nitrogens with one attached hydrogen (secondary N) is 2. The van der Waals surface area contributed by atoms with E-state index in [1.807, 2.05) is 16.8 Å². The molecule has 9 heteroatoms. The minimum Gasteiger partial charge on any atom is -0.485 e. The number of ether oxygens (including phenoxy) is 3. The fourth-order valence-electron chi connectivity index (χ4n) is 2.12. The molecule has 2 heterocycles. The van der Waals surface area contributed by atoms with Gasteiger partial charge in [0.1, 0.15) is 6.61 Å². The van der Waals surface area contributed by atoms with Crippen LogP contribution < -0.4 is 20.3 Å². The third-order valence-corrected chi connectivity index (χ3v) is 4.13. The van der Waals surface area contributed by atoms with E-state index in [1.165, 1.54) is 17.4 Å². The van der Waals surface area contributed by atoms with Gasteiger partial charge in [-0.1, -0.05) is 12.1 Å². The van der Waals surface area contributed by atoms with E-state index < -0.39 is 30.5 Å². The fourth-order valence-corrected chi connectivity index (χ4v) is 2.74. The van der Waals surface area contributed by atoms with Gasteiger partial charge >= 0.3 is 5.97 Å². The van der Waals surface area contributed by atoms with Crippen LogP contribution in [0, 0.1) is 0 Å².